The van der Waals surface area contributed by atoms with E-state index in [1.54, 1.807) is 18.5 Å². The van der Waals surface area contributed by atoms with Crippen LogP contribution in [0.1, 0.15) is 65.8 Å². The van der Waals surface area contributed by atoms with Gasteiger partial charge >= 0.3 is 0 Å². The summed E-state index contributed by atoms with van der Waals surface area (Å²) in [7, 11) is 0. The molecule has 1 aliphatic heterocycles. The monoisotopic (exact) mass is 404 g/mol. The summed E-state index contributed by atoms with van der Waals surface area (Å²) in [5.74, 6) is 0.922. The molecule has 1 amide bonds. The molecule has 30 heavy (non-hydrogen) atoms. The molecule has 0 aliphatic carbocycles. The first kappa shape index (κ1) is 20.3. The van der Waals surface area contributed by atoms with Crippen LogP contribution in [0.15, 0.2) is 55.1 Å². The van der Waals surface area contributed by atoms with Crippen molar-refractivity contribution < 1.29 is 9.59 Å². The lowest BCUT2D eigenvalue weighted by Crippen LogP contribution is -2.38. The highest BCUT2D eigenvalue weighted by molar-refractivity contribution is 5.96. The number of pyridine rings is 2. The van der Waals surface area contributed by atoms with Crippen LogP contribution in [0.5, 0.6) is 0 Å². The van der Waals surface area contributed by atoms with Crippen molar-refractivity contribution >= 4 is 17.3 Å². The molecular weight excluding hydrogens is 376 g/mol. The Labute approximate surface area is 177 Å². The van der Waals surface area contributed by atoms with Gasteiger partial charge in [-0.2, -0.15) is 0 Å². The first-order valence-electron chi connectivity index (χ1n) is 10.9. The van der Waals surface area contributed by atoms with Gasteiger partial charge in [0.25, 0.3) is 5.91 Å². The van der Waals surface area contributed by atoms with Crippen LogP contribution in [0.3, 0.4) is 0 Å². The molecule has 0 aromatic carbocycles. The van der Waals surface area contributed by atoms with Gasteiger partial charge in [0.1, 0.15) is 11.3 Å². The van der Waals surface area contributed by atoms with Crippen LogP contribution in [0.4, 0.5) is 0 Å². The Morgan fingerprint density at radius 3 is 2.63 bits per heavy atom. The maximum atomic E-state index is 12.5. The van der Waals surface area contributed by atoms with E-state index < -0.39 is 0 Å². The highest BCUT2D eigenvalue weighted by atomic mass is 16.2. The van der Waals surface area contributed by atoms with Crippen molar-refractivity contribution in [2.75, 3.05) is 13.1 Å². The predicted molar refractivity (Wildman–Crippen MR) is 115 cm³/mol. The zero-order valence-corrected chi connectivity index (χ0v) is 17.2. The van der Waals surface area contributed by atoms with Gasteiger partial charge in [0, 0.05) is 49.9 Å². The predicted octanol–water partition coefficient (Wildman–Crippen LogP) is 4.41. The quantitative estimate of drug-likeness (QED) is 0.412. The van der Waals surface area contributed by atoms with Gasteiger partial charge in [-0.05, 0) is 49.4 Å². The molecular formula is C24H28N4O2. The summed E-state index contributed by atoms with van der Waals surface area (Å²) in [6.45, 7) is 1.63. The van der Waals surface area contributed by atoms with Gasteiger partial charge in [0.05, 0.1) is 0 Å². The number of carbonyl (C=O) groups excluding carboxylic acids is 2. The standard InChI is InChI=1S/C24H28N4O2/c29-22(20-9-10-23-26-14-17-28(23)18-20)8-3-1-2-6-19-11-15-27(16-12-19)24(30)21-7-4-5-13-25-21/h4-5,7,9-10,13-14,17-19H,1-3,6,8,11-12,15-16H2. The molecule has 0 atom stereocenters. The Bertz CT molecular complexity index is 991. The van der Waals surface area contributed by atoms with E-state index in [2.05, 4.69) is 9.97 Å². The number of rotatable bonds is 8. The minimum Gasteiger partial charge on any atom is -0.337 e. The number of imidazole rings is 1. The zero-order valence-electron chi connectivity index (χ0n) is 17.2. The second kappa shape index (κ2) is 9.65. The fraction of sp³-hybridized carbons (Fsp3) is 0.417. The molecule has 0 unspecified atom stereocenters. The van der Waals surface area contributed by atoms with Crippen LogP contribution in [0.2, 0.25) is 0 Å². The van der Waals surface area contributed by atoms with Crippen LogP contribution < -0.4 is 0 Å². The number of aromatic nitrogens is 3. The van der Waals surface area contributed by atoms with Crippen molar-refractivity contribution in [3.63, 3.8) is 0 Å². The number of amides is 1. The minimum absolute atomic E-state index is 0.0430. The van der Waals surface area contributed by atoms with Crippen molar-refractivity contribution in [3.8, 4) is 0 Å². The highest BCUT2D eigenvalue weighted by Gasteiger charge is 2.23. The van der Waals surface area contributed by atoms with E-state index in [0.29, 0.717) is 18.0 Å². The first-order valence-corrected chi connectivity index (χ1v) is 10.9. The van der Waals surface area contributed by atoms with Crippen molar-refractivity contribution in [1.82, 2.24) is 19.3 Å². The molecule has 3 aromatic rings. The van der Waals surface area contributed by atoms with Gasteiger partial charge in [-0.1, -0.05) is 25.3 Å². The molecule has 0 spiro atoms. The molecule has 0 N–H and O–H groups in total. The van der Waals surface area contributed by atoms with Gasteiger partial charge in [-0.25, -0.2) is 4.98 Å². The molecule has 1 fully saturated rings. The summed E-state index contributed by atoms with van der Waals surface area (Å²) >= 11 is 0. The number of piperidine rings is 1. The first-order chi connectivity index (χ1) is 14.7. The molecule has 0 bridgehead atoms. The van der Waals surface area contributed by atoms with E-state index >= 15 is 0 Å². The van der Waals surface area contributed by atoms with Crippen LogP contribution in [-0.2, 0) is 0 Å². The molecule has 3 aromatic heterocycles. The fourth-order valence-corrected chi connectivity index (χ4v) is 4.20. The van der Waals surface area contributed by atoms with Gasteiger partial charge in [-0.15, -0.1) is 0 Å². The third kappa shape index (κ3) is 4.93. The Morgan fingerprint density at radius 2 is 1.83 bits per heavy atom. The van der Waals surface area contributed by atoms with E-state index in [0.717, 1.165) is 56.4 Å². The SMILES string of the molecule is O=C(CCCCCC1CCN(C(=O)c2ccccn2)CC1)c1ccc2nccn2c1. The van der Waals surface area contributed by atoms with Gasteiger partial charge in [0.2, 0.25) is 0 Å². The van der Waals surface area contributed by atoms with Crippen LogP contribution in [-0.4, -0.2) is 44.0 Å². The Kier molecular flexibility index (Phi) is 6.52. The Morgan fingerprint density at radius 1 is 0.967 bits per heavy atom. The van der Waals surface area contributed by atoms with Crippen LogP contribution in [0.25, 0.3) is 5.65 Å². The van der Waals surface area contributed by atoms with Crippen molar-refractivity contribution in [2.45, 2.75) is 44.9 Å². The number of unbranched alkanes of at least 4 members (excludes halogenated alkanes) is 2. The molecule has 1 saturated heterocycles. The molecule has 4 rings (SSSR count). The number of likely N-dealkylation sites (tertiary alicyclic amines) is 1. The zero-order chi connectivity index (χ0) is 20.8. The minimum atomic E-state index is 0.0430. The van der Waals surface area contributed by atoms with Crippen molar-refractivity contribution in [2.24, 2.45) is 5.92 Å². The van der Waals surface area contributed by atoms with Gasteiger partial charge in [-0.3, -0.25) is 14.6 Å². The average Bonchev–Trinajstić information content (AvgIpc) is 3.27. The number of fused-ring (bicyclic) bond motifs is 1. The summed E-state index contributed by atoms with van der Waals surface area (Å²) in [4.78, 5) is 35.2. The molecule has 4 heterocycles. The summed E-state index contributed by atoms with van der Waals surface area (Å²) in [5, 5.41) is 0. The third-order valence-electron chi connectivity index (χ3n) is 6.01. The lowest BCUT2D eigenvalue weighted by atomic mass is 9.91. The largest absolute Gasteiger partial charge is 0.337 e. The summed E-state index contributed by atoms with van der Waals surface area (Å²) in [6, 6.07) is 9.22. The van der Waals surface area contributed by atoms with E-state index in [1.807, 2.05) is 46.0 Å². The number of hydrogen-bond acceptors (Lipinski definition) is 4. The number of hydrogen-bond donors (Lipinski definition) is 0. The number of carbonyl (C=O) groups is 2. The van der Waals surface area contributed by atoms with Crippen molar-refractivity contribution in [3.05, 3.63) is 66.4 Å². The summed E-state index contributed by atoms with van der Waals surface area (Å²) in [6.07, 6.45) is 14.2. The molecule has 156 valence electrons. The van der Waals surface area contributed by atoms with Crippen LogP contribution in [0, 0.1) is 5.92 Å². The average molecular weight is 405 g/mol. The number of Topliss-reactive ketones (excluding diaryl/α,β-unsaturated/α-hetero) is 1. The molecule has 6 nitrogen and oxygen atoms in total. The summed E-state index contributed by atoms with van der Waals surface area (Å²) in [5.41, 5.74) is 2.15. The topological polar surface area (TPSA) is 67.6 Å². The van der Waals surface area contributed by atoms with E-state index in [4.69, 9.17) is 0 Å². The Balaban J connectivity index is 1.13. The van der Waals surface area contributed by atoms with E-state index in [1.165, 1.54) is 6.42 Å². The smallest absolute Gasteiger partial charge is 0.272 e. The normalized spacial score (nSPS) is 14.9. The number of ketones is 1. The molecule has 0 radical (unpaired) electrons. The van der Waals surface area contributed by atoms with Crippen LogP contribution >= 0.6 is 0 Å². The molecule has 6 heteroatoms. The Hall–Kier alpha value is -3.02. The lowest BCUT2D eigenvalue weighted by Gasteiger charge is -2.31. The fourth-order valence-electron chi connectivity index (χ4n) is 4.20. The second-order valence-corrected chi connectivity index (χ2v) is 8.08. The van der Waals surface area contributed by atoms with Gasteiger partial charge in [0.15, 0.2) is 5.78 Å². The summed E-state index contributed by atoms with van der Waals surface area (Å²) < 4.78 is 1.89. The lowest BCUT2D eigenvalue weighted by molar-refractivity contribution is 0.0679. The number of nitrogens with zero attached hydrogens (tertiary/aromatic N) is 4. The maximum absolute atomic E-state index is 12.5. The maximum Gasteiger partial charge on any atom is 0.272 e. The second-order valence-electron chi connectivity index (χ2n) is 8.08. The molecule has 1 aliphatic rings. The van der Waals surface area contributed by atoms with Gasteiger partial charge < -0.3 is 9.30 Å². The van der Waals surface area contributed by atoms with E-state index in [9.17, 15) is 9.59 Å². The molecule has 0 saturated carbocycles. The van der Waals surface area contributed by atoms with E-state index in [-0.39, 0.29) is 11.7 Å². The third-order valence-corrected chi connectivity index (χ3v) is 6.01. The highest BCUT2D eigenvalue weighted by Crippen LogP contribution is 2.24. The van der Waals surface area contributed by atoms with Crippen molar-refractivity contribution in [1.29, 1.82) is 0 Å².